The lowest BCUT2D eigenvalue weighted by Crippen LogP contribution is -2.40. The number of hydrogen-bond donors (Lipinski definition) is 1. The molecule has 0 radical (unpaired) electrons. The lowest BCUT2D eigenvalue weighted by molar-refractivity contribution is -0.125. The Labute approximate surface area is 164 Å². The number of nitrogens with one attached hydrogen (secondary N) is 1. The highest BCUT2D eigenvalue weighted by Gasteiger charge is 2.22. The van der Waals surface area contributed by atoms with Crippen molar-refractivity contribution in [2.45, 2.75) is 46.0 Å². The molecule has 0 aliphatic heterocycles. The molecule has 7 heteroatoms. The number of carbonyl (C=O) groups excluding carboxylic acids is 1. The molecule has 0 bridgehead atoms. The van der Waals surface area contributed by atoms with Crippen LogP contribution in [0, 0.1) is 5.92 Å². The molecule has 2 rings (SSSR count). The van der Waals surface area contributed by atoms with E-state index in [0.717, 1.165) is 44.5 Å². The predicted octanol–water partition coefficient (Wildman–Crippen LogP) is 3.00. The molecule has 0 saturated heterocycles. The van der Waals surface area contributed by atoms with E-state index in [9.17, 15) is 13.2 Å². The topological polar surface area (TPSA) is 69.7 Å². The molecule has 0 spiro atoms. The van der Waals surface area contributed by atoms with Gasteiger partial charge in [0, 0.05) is 31.2 Å². The van der Waals surface area contributed by atoms with Crippen molar-refractivity contribution >= 4 is 27.3 Å². The molecule has 6 nitrogen and oxygen atoms in total. The average Bonchev–Trinajstić information content (AvgIpc) is 2.66. The number of carbonyl (C=O) groups is 1. The largest absolute Gasteiger partial charge is 0.372 e. The number of benzene rings is 1. The van der Waals surface area contributed by atoms with Crippen molar-refractivity contribution in [1.29, 1.82) is 0 Å². The van der Waals surface area contributed by atoms with Gasteiger partial charge in [-0.15, -0.1) is 0 Å². The number of anilines is 2. The summed E-state index contributed by atoms with van der Waals surface area (Å²) in [7, 11) is -3.42. The fourth-order valence-electron chi connectivity index (χ4n) is 3.69. The van der Waals surface area contributed by atoms with E-state index in [-0.39, 0.29) is 18.4 Å². The van der Waals surface area contributed by atoms with E-state index in [1.54, 1.807) is 0 Å². The molecule has 27 heavy (non-hydrogen) atoms. The fraction of sp³-hybridized carbons (Fsp3) is 0.650. The Morgan fingerprint density at radius 1 is 1.04 bits per heavy atom. The molecule has 0 heterocycles. The number of nitrogens with zero attached hydrogens (tertiary/aromatic N) is 2. The number of amides is 1. The Hall–Kier alpha value is -1.76. The summed E-state index contributed by atoms with van der Waals surface area (Å²) >= 11 is 0. The standard InChI is InChI=1S/C20H33N3O3S/c1-4-22(5-2)18-11-13-19(14-12-18)23(27(3,25)26)16-15-21-20(24)17-9-7-6-8-10-17/h11-14,17H,4-10,15-16H2,1-3H3,(H,21,24). The average molecular weight is 396 g/mol. The molecule has 1 aliphatic carbocycles. The first-order valence-electron chi connectivity index (χ1n) is 9.97. The van der Waals surface area contributed by atoms with Gasteiger partial charge in [0.25, 0.3) is 0 Å². The van der Waals surface area contributed by atoms with Crippen LogP contribution in [0.4, 0.5) is 11.4 Å². The molecular weight excluding hydrogens is 362 g/mol. The molecule has 0 unspecified atom stereocenters. The second kappa shape index (κ2) is 9.97. The summed E-state index contributed by atoms with van der Waals surface area (Å²) in [5.41, 5.74) is 1.70. The Morgan fingerprint density at radius 3 is 2.11 bits per heavy atom. The normalized spacial score (nSPS) is 15.4. The van der Waals surface area contributed by atoms with Crippen molar-refractivity contribution in [2.24, 2.45) is 5.92 Å². The van der Waals surface area contributed by atoms with Gasteiger partial charge in [-0.05, 0) is 51.0 Å². The van der Waals surface area contributed by atoms with Gasteiger partial charge in [0.05, 0.1) is 18.5 Å². The minimum absolute atomic E-state index is 0.0556. The highest BCUT2D eigenvalue weighted by Crippen LogP contribution is 2.24. The Morgan fingerprint density at radius 2 is 1.59 bits per heavy atom. The van der Waals surface area contributed by atoms with Gasteiger partial charge in [0.2, 0.25) is 15.9 Å². The van der Waals surface area contributed by atoms with Gasteiger partial charge in [-0.1, -0.05) is 19.3 Å². The van der Waals surface area contributed by atoms with E-state index < -0.39 is 10.0 Å². The van der Waals surface area contributed by atoms with Crippen molar-refractivity contribution in [3.63, 3.8) is 0 Å². The van der Waals surface area contributed by atoms with E-state index in [1.807, 2.05) is 24.3 Å². The molecule has 152 valence electrons. The molecule has 0 aromatic heterocycles. The summed E-state index contributed by atoms with van der Waals surface area (Å²) in [5, 5.41) is 2.92. The van der Waals surface area contributed by atoms with Crippen LogP contribution in [0.5, 0.6) is 0 Å². The van der Waals surface area contributed by atoms with Crippen LogP contribution in [0.2, 0.25) is 0 Å². The number of sulfonamides is 1. The van der Waals surface area contributed by atoms with Gasteiger partial charge in [0.1, 0.15) is 0 Å². The highest BCUT2D eigenvalue weighted by molar-refractivity contribution is 7.92. The Bertz CT molecular complexity index is 694. The maximum Gasteiger partial charge on any atom is 0.232 e. The van der Waals surface area contributed by atoms with E-state index in [4.69, 9.17) is 0 Å². The van der Waals surface area contributed by atoms with Gasteiger partial charge in [-0.25, -0.2) is 8.42 Å². The first kappa shape index (κ1) is 21.5. The molecule has 1 aromatic carbocycles. The van der Waals surface area contributed by atoms with Crippen LogP contribution in [0.1, 0.15) is 46.0 Å². The van der Waals surface area contributed by atoms with Gasteiger partial charge in [-0.2, -0.15) is 0 Å². The van der Waals surface area contributed by atoms with Crippen LogP contribution < -0.4 is 14.5 Å². The first-order valence-corrected chi connectivity index (χ1v) is 11.8. The van der Waals surface area contributed by atoms with Gasteiger partial charge in [0.15, 0.2) is 0 Å². The lowest BCUT2D eigenvalue weighted by Gasteiger charge is -2.26. The van der Waals surface area contributed by atoms with Crippen molar-refractivity contribution < 1.29 is 13.2 Å². The summed E-state index contributed by atoms with van der Waals surface area (Å²) in [4.78, 5) is 14.5. The predicted molar refractivity (Wildman–Crippen MR) is 112 cm³/mol. The first-order chi connectivity index (χ1) is 12.9. The maximum absolute atomic E-state index is 12.3. The SMILES string of the molecule is CCN(CC)c1ccc(N(CCNC(=O)C2CCCCC2)S(C)(=O)=O)cc1. The quantitative estimate of drug-likeness (QED) is 0.698. The summed E-state index contributed by atoms with van der Waals surface area (Å²) in [5.74, 6) is 0.138. The zero-order valence-electron chi connectivity index (χ0n) is 16.8. The van der Waals surface area contributed by atoms with Gasteiger partial charge in [-0.3, -0.25) is 9.10 Å². The molecular formula is C20H33N3O3S. The summed E-state index contributed by atoms with van der Waals surface area (Å²) in [6.07, 6.45) is 6.49. The molecule has 1 aromatic rings. The van der Waals surface area contributed by atoms with E-state index in [0.29, 0.717) is 12.2 Å². The molecule has 1 saturated carbocycles. The Kier molecular flexibility index (Phi) is 7.95. The van der Waals surface area contributed by atoms with Gasteiger partial charge >= 0.3 is 0 Å². The third-order valence-corrected chi connectivity index (χ3v) is 6.45. The lowest BCUT2D eigenvalue weighted by atomic mass is 9.89. The van der Waals surface area contributed by atoms with Crippen LogP contribution >= 0.6 is 0 Å². The summed E-state index contributed by atoms with van der Waals surface area (Å²) in [6.45, 7) is 6.55. The third-order valence-electron chi connectivity index (χ3n) is 5.26. The molecule has 1 fully saturated rings. The van der Waals surface area contributed by atoms with E-state index in [2.05, 4.69) is 24.1 Å². The highest BCUT2D eigenvalue weighted by atomic mass is 32.2. The van der Waals surface area contributed by atoms with Crippen molar-refractivity contribution in [3.05, 3.63) is 24.3 Å². The molecule has 0 atom stereocenters. The van der Waals surface area contributed by atoms with Crippen LogP contribution in [0.15, 0.2) is 24.3 Å². The van der Waals surface area contributed by atoms with E-state index in [1.165, 1.54) is 17.0 Å². The van der Waals surface area contributed by atoms with Gasteiger partial charge < -0.3 is 10.2 Å². The van der Waals surface area contributed by atoms with Crippen LogP contribution in [0.3, 0.4) is 0 Å². The van der Waals surface area contributed by atoms with Crippen LogP contribution in [-0.4, -0.2) is 46.8 Å². The van der Waals surface area contributed by atoms with Crippen LogP contribution in [0.25, 0.3) is 0 Å². The maximum atomic E-state index is 12.3. The third kappa shape index (κ3) is 6.13. The zero-order valence-corrected chi connectivity index (χ0v) is 17.6. The minimum atomic E-state index is -3.42. The van der Waals surface area contributed by atoms with Crippen LogP contribution in [-0.2, 0) is 14.8 Å². The summed E-state index contributed by atoms with van der Waals surface area (Å²) in [6, 6.07) is 7.55. The zero-order chi connectivity index (χ0) is 19.9. The molecule has 1 N–H and O–H groups in total. The van der Waals surface area contributed by atoms with Crippen molar-refractivity contribution in [3.8, 4) is 0 Å². The van der Waals surface area contributed by atoms with Crippen molar-refractivity contribution in [2.75, 3.05) is 41.6 Å². The number of hydrogen-bond acceptors (Lipinski definition) is 4. The molecule has 1 amide bonds. The summed E-state index contributed by atoms with van der Waals surface area (Å²) < 4.78 is 25.8. The smallest absolute Gasteiger partial charge is 0.232 e. The molecule has 1 aliphatic rings. The number of rotatable bonds is 9. The second-order valence-corrected chi connectivity index (χ2v) is 9.06. The van der Waals surface area contributed by atoms with Crippen molar-refractivity contribution in [1.82, 2.24) is 5.32 Å². The second-order valence-electron chi connectivity index (χ2n) is 7.15. The fourth-order valence-corrected chi connectivity index (χ4v) is 4.62. The Balaban J connectivity index is 2.00. The monoisotopic (exact) mass is 395 g/mol. The minimum Gasteiger partial charge on any atom is -0.372 e. The van der Waals surface area contributed by atoms with E-state index >= 15 is 0 Å².